The van der Waals surface area contributed by atoms with Gasteiger partial charge in [-0.05, 0) is 48.3 Å². The smallest absolute Gasteiger partial charge is 0.273 e. The van der Waals surface area contributed by atoms with Gasteiger partial charge in [-0.25, -0.2) is 0 Å². The van der Waals surface area contributed by atoms with E-state index in [4.69, 9.17) is 0 Å². The molecule has 20 heavy (non-hydrogen) atoms. The predicted octanol–water partition coefficient (Wildman–Crippen LogP) is 3.13. The van der Waals surface area contributed by atoms with Crippen molar-refractivity contribution in [1.82, 2.24) is 4.57 Å². The van der Waals surface area contributed by atoms with E-state index in [9.17, 15) is 14.7 Å². The minimum absolute atomic E-state index is 0.0604. The van der Waals surface area contributed by atoms with Crippen LogP contribution in [0.25, 0.3) is 5.69 Å². The van der Waals surface area contributed by atoms with E-state index < -0.39 is 0 Å². The number of halogens is 1. The lowest BCUT2D eigenvalue weighted by atomic mass is 10.1. The van der Waals surface area contributed by atoms with E-state index in [0.29, 0.717) is 16.9 Å². The molecule has 5 heteroatoms. The molecule has 1 aromatic heterocycles. The van der Waals surface area contributed by atoms with Crippen LogP contribution in [-0.4, -0.2) is 15.5 Å². The Hall–Kier alpha value is -1.88. The van der Waals surface area contributed by atoms with Gasteiger partial charge in [0, 0.05) is 17.3 Å². The lowest BCUT2D eigenvalue weighted by Gasteiger charge is -2.14. The Morgan fingerprint density at radius 2 is 1.90 bits per heavy atom. The van der Waals surface area contributed by atoms with Crippen molar-refractivity contribution in [2.45, 2.75) is 20.8 Å². The normalized spacial score (nSPS) is 10.6. The maximum absolute atomic E-state index is 12.3. The molecule has 0 amide bonds. The van der Waals surface area contributed by atoms with Gasteiger partial charge < -0.3 is 5.11 Å². The minimum Gasteiger partial charge on any atom is -0.506 e. The first-order valence-electron chi connectivity index (χ1n) is 6.06. The van der Waals surface area contributed by atoms with E-state index in [1.54, 1.807) is 25.1 Å². The van der Waals surface area contributed by atoms with Gasteiger partial charge in [0.1, 0.15) is 10.2 Å². The van der Waals surface area contributed by atoms with E-state index in [1.165, 1.54) is 17.6 Å². The fourth-order valence-electron chi connectivity index (χ4n) is 2.06. The zero-order chi connectivity index (χ0) is 15.0. The van der Waals surface area contributed by atoms with Crippen LogP contribution in [0.1, 0.15) is 28.5 Å². The third-order valence-corrected chi connectivity index (χ3v) is 3.92. The highest BCUT2D eigenvalue weighted by Crippen LogP contribution is 2.24. The summed E-state index contributed by atoms with van der Waals surface area (Å²) in [5.74, 6) is -0.154. The van der Waals surface area contributed by atoms with Gasteiger partial charge in [-0.1, -0.05) is 12.1 Å². The lowest BCUT2D eigenvalue weighted by Crippen LogP contribution is -2.22. The van der Waals surface area contributed by atoms with Crippen LogP contribution in [0.3, 0.4) is 0 Å². The third-order valence-electron chi connectivity index (χ3n) is 3.17. The van der Waals surface area contributed by atoms with E-state index in [2.05, 4.69) is 15.9 Å². The van der Waals surface area contributed by atoms with Crippen molar-refractivity contribution in [2.75, 3.05) is 0 Å². The fourth-order valence-corrected chi connectivity index (χ4v) is 2.35. The number of pyridine rings is 1. The first kappa shape index (κ1) is 14.5. The van der Waals surface area contributed by atoms with Crippen LogP contribution < -0.4 is 5.56 Å². The number of benzene rings is 1. The highest BCUT2D eigenvalue weighted by molar-refractivity contribution is 9.10. The molecule has 0 saturated carbocycles. The number of aromatic nitrogens is 1. The Labute approximate surface area is 124 Å². The van der Waals surface area contributed by atoms with Crippen LogP contribution in [0.5, 0.6) is 5.75 Å². The molecule has 1 heterocycles. The van der Waals surface area contributed by atoms with Crippen LogP contribution in [0.2, 0.25) is 0 Å². The largest absolute Gasteiger partial charge is 0.506 e. The summed E-state index contributed by atoms with van der Waals surface area (Å²) in [6, 6.07) is 6.73. The number of aryl methyl sites for hydroxylation is 2. The van der Waals surface area contributed by atoms with E-state index >= 15 is 0 Å². The first-order chi connectivity index (χ1) is 9.32. The molecule has 0 atom stereocenters. The van der Waals surface area contributed by atoms with Gasteiger partial charge in [-0.3, -0.25) is 14.2 Å². The Balaban J connectivity index is 2.81. The second kappa shape index (κ2) is 5.25. The van der Waals surface area contributed by atoms with Crippen molar-refractivity contribution < 1.29 is 9.90 Å². The standard InChI is InChI=1S/C15H14BrNO3/c1-8-4-5-11(10(3)18)7-12(8)17-9(2)6-13(19)14(16)15(17)20/h4-7,19H,1-3H3. The van der Waals surface area contributed by atoms with Crippen molar-refractivity contribution in [3.8, 4) is 11.4 Å². The second-order valence-corrected chi connectivity index (χ2v) is 5.48. The summed E-state index contributed by atoms with van der Waals surface area (Å²) < 4.78 is 1.58. The van der Waals surface area contributed by atoms with E-state index in [0.717, 1.165) is 5.56 Å². The lowest BCUT2D eigenvalue weighted by molar-refractivity contribution is 0.101. The van der Waals surface area contributed by atoms with Crippen molar-refractivity contribution >= 4 is 21.7 Å². The van der Waals surface area contributed by atoms with Gasteiger partial charge >= 0.3 is 0 Å². The average molecular weight is 336 g/mol. The second-order valence-electron chi connectivity index (χ2n) is 4.68. The van der Waals surface area contributed by atoms with E-state index in [1.807, 2.05) is 6.92 Å². The van der Waals surface area contributed by atoms with E-state index in [-0.39, 0.29) is 21.6 Å². The minimum atomic E-state index is -0.355. The zero-order valence-electron chi connectivity index (χ0n) is 11.4. The number of nitrogens with zero attached hydrogens (tertiary/aromatic N) is 1. The Bertz CT molecular complexity index is 762. The van der Waals surface area contributed by atoms with Gasteiger partial charge in [0.2, 0.25) is 0 Å². The molecule has 2 aromatic rings. The number of ketones is 1. The van der Waals surface area contributed by atoms with Crippen LogP contribution >= 0.6 is 15.9 Å². The molecule has 2 rings (SSSR count). The first-order valence-corrected chi connectivity index (χ1v) is 6.85. The summed E-state index contributed by atoms with van der Waals surface area (Å²) in [4.78, 5) is 23.8. The number of hydrogen-bond acceptors (Lipinski definition) is 3. The molecule has 0 aliphatic heterocycles. The van der Waals surface area contributed by atoms with Gasteiger partial charge in [-0.15, -0.1) is 0 Å². The number of rotatable bonds is 2. The molecule has 0 saturated heterocycles. The molecule has 4 nitrogen and oxygen atoms in total. The molecule has 1 aromatic carbocycles. The fraction of sp³-hybridized carbons (Fsp3) is 0.200. The quantitative estimate of drug-likeness (QED) is 0.857. The number of hydrogen-bond donors (Lipinski definition) is 1. The molecule has 0 bridgehead atoms. The Kier molecular flexibility index (Phi) is 3.81. The van der Waals surface area contributed by atoms with Crippen molar-refractivity contribution in [2.24, 2.45) is 0 Å². The summed E-state index contributed by atoms with van der Waals surface area (Å²) in [6.45, 7) is 5.08. The highest BCUT2D eigenvalue weighted by Gasteiger charge is 2.14. The topological polar surface area (TPSA) is 59.3 Å². The number of carbonyl (C=O) groups is 1. The molecule has 0 aliphatic carbocycles. The summed E-state index contributed by atoms with van der Waals surface area (Å²) in [5, 5.41) is 9.65. The molecule has 1 N–H and O–H groups in total. The highest BCUT2D eigenvalue weighted by atomic mass is 79.9. The summed E-state index contributed by atoms with van der Waals surface area (Å²) >= 11 is 3.08. The van der Waals surface area contributed by atoms with Gasteiger partial charge in [0.05, 0.1) is 5.69 Å². The van der Waals surface area contributed by atoms with Crippen molar-refractivity contribution in [3.63, 3.8) is 0 Å². The molecular formula is C15H14BrNO3. The molecule has 104 valence electrons. The number of carbonyl (C=O) groups excluding carboxylic acids is 1. The summed E-state index contributed by atoms with van der Waals surface area (Å²) in [6.07, 6.45) is 0. The average Bonchev–Trinajstić information content (AvgIpc) is 2.38. The van der Waals surface area contributed by atoms with Crippen LogP contribution in [0, 0.1) is 13.8 Å². The van der Waals surface area contributed by atoms with Crippen molar-refractivity contribution in [3.05, 3.63) is 55.9 Å². The third kappa shape index (κ3) is 2.41. The number of aromatic hydroxyl groups is 1. The summed E-state index contributed by atoms with van der Waals surface area (Å²) in [5.41, 5.74) is 2.30. The van der Waals surface area contributed by atoms with Gasteiger partial charge in [0.25, 0.3) is 5.56 Å². The van der Waals surface area contributed by atoms with Gasteiger partial charge in [-0.2, -0.15) is 0 Å². The Morgan fingerprint density at radius 3 is 2.50 bits per heavy atom. The van der Waals surface area contributed by atoms with Gasteiger partial charge in [0.15, 0.2) is 5.78 Å². The molecule has 0 fully saturated rings. The zero-order valence-corrected chi connectivity index (χ0v) is 13.0. The monoisotopic (exact) mass is 335 g/mol. The number of Topliss-reactive ketones (excluding diaryl/α,β-unsaturated/α-hetero) is 1. The SMILES string of the molecule is CC(=O)c1ccc(C)c(-n2c(C)cc(O)c(Br)c2=O)c1. The molecule has 0 radical (unpaired) electrons. The molecule has 0 spiro atoms. The van der Waals surface area contributed by atoms with Crippen LogP contribution in [0.15, 0.2) is 33.5 Å². The molecular weight excluding hydrogens is 322 g/mol. The summed E-state index contributed by atoms with van der Waals surface area (Å²) in [7, 11) is 0. The maximum Gasteiger partial charge on any atom is 0.273 e. The maximum atomic E-state index is 12.3. The predicted molar refractivity (Wildman–Crippen MR) is 80.9 cm³/mol. The molecule has 0 aliphatic rings. The Morgan fingerprint density at radius 1 is 1.25 bits per heavy atom. The van der Waals surface area contributed by atoms with Crippen LogP contribution in [-0.2, 0) is 0 Å². The van der Waals surface area contributed by atoms with Crippen molar-refractivity contribution in [1.29, 1.82) is 0 Å². The molecule has 0 unspecified atom stereocenters. The van der Waals surface area contributed by atoms with Crippen LogP contribution in [0.4, 0.5) is 0 Å².